The first-order chi connectivity index (χ1) is 20.4. The number of aromatic amines is 1. The summed E-state index contributed by atoms with van der Waals surface area (Å²) in [5.41, 5.74) is 1.29. The number of hydrogen-bond acceptors (Lipinski definition) is 8. The van der Waals surface area contributed by atoms with Crippen molar-refractivity contribution in [1.29, 1.82) is 0 Å². The molecule has 7 atom stereocenters. The Kier molecular flexibility index (Phi) is 5.70. The Bertz CT molecular complexity index is 1820. The first-order valence-corrected chi connectivity index (χ1v) is 15.4. The first-order valence-electron chi connectivity index (χ1n) is 13.7. The number of para-hydroxylation sites is 1. The summed E-state index contributed by atoms with van der Waals surface area (Å²) in [6.07, 6.45) is 0.777. The summed E-state index contributed by atoms with van der Waals surface area (Å²) in [4.78, 5) is 56.0. The molecule has 3 fully saturated rings. The number of amides is 2. The van der Waals surface area contributed by atoms with Gasteiger partial charge in [-0.2, -0.15) is 0 Å². The standard InChI is InChI=1S/C31H23N3O6S2/c35-29-24-20-14-21(25(24)30(36)33(29)16-9-11-17(12-10-16)34(38)39)26-23(20)22(27-28(41-26)32-31(37)42-27)15-5-4-8-19(13-15)40-18-6-2-1-3-7-18/h1-13,20-26H,14H2,(H,32,37)/t20-,21-,22?,23?,24?,25?,26?/m1/s1. The lowest BCUT2D eigenvalue weighted by atomic mass is 9.68. The van der Waals surface area contributed by atoms with Crippen molar-refractivity contribution in [2.24, 2.45) is 29.6 Å². The number of anilines is 1. The zero-order chi connectivity index (χ0) is 28.7. The van der Waals surface area contributed by atoms with Crippen LogP contribution in [0.3, 0.4) is 0 Å². The van der Waals surface area contributed by atoms with Gasteiger partial charge in [0.05, 0.1) is 27.5 Å². The summed E-state index contributed by atoms with van der Waals surface area (Å²) in [6.45, 7) is 0. The molecule has 4 aliphatic rings. The van der Waals surface area contributed by atoms with Crippen LogP contribution in [0.2, 0.25) is 0 Å². The largest absolute Gasteiger partial charge is 0.457 e. The highest BCUT2D eigenvalue weighted by Gasteiger charge is 2.69. The molecule has 3 heterocycles. The van der Waals surface area contributed by atoms with E-state index in [1.54, 1.807) is 11.8 Å². The number of nitro benzene ring substituents is 1. The van der Waals surface area contributed by atoms with Crippen molar-refractivity contribution in [3.8, 4) is 11.5 Å². The number of aromatic nitrogens is 1. The van der Waals surface area contributed by atoms with Gasteiger partial charge in [-0.25, -0.2) is 0 Å². The van der Waals surface area contributed by atoms with Crippen molar-refractivity contribution in [1.82, 2.24) is 4.98 Å². The molecule has 0 spiro atoms. The topological polar surface area (TPSA) is 123 Å². The third kappa shape index (κ3) is 3.73. The van der Waals surface area contributed by atoms with Gasteiger partial charge in [-0.3, -0.25) is 29.4 Å². The number of non-ortho nitro benzene ring substituents is 1. The predicted molar refractivity (Wildman–Crippen MR) is 157 cm³/mol. The van der Waals surface area contributed by atoms with E-state index in [0.29, 0.717) is 11.4 Å². The lowest BCUT2D eigenvalue weighted by Crippen LogP contribution is -2.42. The third-order valence-corrected chi connectivity index (χ3v) is 11.8. The summed E-state index contributed by atoms with van der Waals surface area (Å²) in [6, 6.07) is 23.1. The average Bonchev–Trinajstić information content (AvgIpc) is 3.72. The van der Waals surface area contributed by atoms with Gasteiger partial charge in [0, 0.05) is 28.2 Å². The second-order valence-corrected chi connectivity index (χ2v) is 13.4. The average molecular weight is 598 g/mol. The molecule has 1 aromatic heterocycles. The number of carbonyl (C=O) groups excluding carboxylic acids is 2. The second kappa shape index (κ2) is 9.40. The van der Waals surface area contributed by atoms with E-state index in [2.05, 4.69) is 11.1 Å². The number of rotatable bonds is 5. The Balaban J connectivity index is 1.17. The van der Waals surface area contributed by atoms with E-state index in [0.717, 1.165) is 27.6 Å². The Morgan fingerprint density at radius 2 is 1.60 bits per heavy atom. The molecule has 2 amide bonds. The van der Waals surface area contributed by atoms with Crippen LogP contribution in [-0.4, -0.2) is 27.0 Å². The zero-order valence-electron chi connectivity index (χ0n) is 21.9. The van der Waals surface area contributed by atoms with Crippen LogP contribution >= 0.6 is 23.1 Å². The number of fused-ring (bicyclic) bond motifs is 9. The molecule has 2 aliphatic heterocycles. The molecule has 4 aromatic rings. The summed E-state index contributed by atoms with van der Waals surface area (Å²) >= 11 is 2.85. The van der Waals surface area contributed by atoms with Crippen molar-refractivity contribution in [2.75, 3.05) is 4.90 Å². The molecule has 9 nitrogen and oxygen atoms in total. The van der Waals surface area contributed by atoms with E-state index in [1.165, 1.54) is 40.5 Å². The van der Waals surface area contributed by atoms with Gasteiger partial charge in [0.1, 0.15) is 11.5 Å². The van der Waals surface area contributed by atoms with E-state index in [4.69, 9.17) is 4.74 Å². The van der Waals surface area contributed by atoms with E-state index in [-0.39, 0.29) is 51.3 Å². The van der Waals surface area contributed by atoms with Crippen LogP contribution in [0.15, 0.2) is 88.7 Å². The third-order valence-electron chi connectivity index (χ3n) is 9.24. The summed E-state index contributed by atoms with van der Waals surface area (Å²) in [5.74, 6) is -0.0634. The van der Waals surface area contributed by atoms with Crippen molar-refractivity contribution < 1.29 is 19.2 Å². The maximum Gasteiger partial charge on any atom is 0.305 e. The number of nitrogens with one attached hydrogen (secondary N) is 1. The minimum Gasteiger partial charge on any atom is -0.457 e. The van der Waals surface area contributed by atoms with Crippen molar-refractivity contribution in [3.63, 3.8) is 0 Å². The van der Waals surface area contributed by atoms with Crippen LogP contribution in [-0.2, 0) is 9.59 Å². The van der Waals surface area contributed by atoms with Gasteiger partial charge in [0.15, 0.2) is 0 Å². The van der Waals surface area contributed by atoms with Crippen LogP contribution < -0.4 is 14.5 Å². The van der Waals surface area contributed by atoms with E-state index < -0.39 is 16.8 Å². The highest BCUT2D eigenvalue weighted by atomic mass is 32.2. The Labute approximate surface area is 247 Å². The minimum atomic E-state index is -0.503. The molecule has 1 saturated heterocycles. The summed E-state index contributed by atoms with van der Waals surface area (Å²) < 4.78 is 6.14. The van der Waals surface area contributed by atoms with Crippen molar-refractivity contribution in [2.45, 2.75) is 22.6 Å². The molecule has 42 heavy (non-hydrogen) atoms. The summed E-state index contributed by atoms with van der Waals surface area (Å²) in [7, 11) is 0. The van der Waals surface area contributed by atoms with Gasteiger partial charge in [-0.1, -0.05) is 41.7 Å². The second-order valence-electron chi connectivity index (χ2n) is 11.2. The number of carbonyl (C=O) groups is 2. The minimum absolute atomic E-state index is 0.0164. The highest BCUT2D eigenvalue weighted by Crippen LogP contribution is 2.68. The highest BCUT2D eigenvalue weighted by molar-refractivity contribution is 8.00. The molecule has 210 valence electrons. The van der Waals surface area contributed by atoms with Crippen LogP contribution in [0.5, 0.6) is 11.5 Å². The molecule has 5 unspecified atom stereocenters. The number of H-pyrrole nitrogens is 1. The smallest absolute Gasteiger partial charge is 0.305 e. The Morgan fingerprint density at radius 1 is 0.881 bits per heavy atom. The number of thioether (sulfide) groups is 1. The number of thiazole rings is 1. The summed E-state index contributed by atoms with van der Waals surface area (Å²) in [5, 5.41) is 12.0. The van der Waals surface area contributed by atoms with Crippen LogP contribution in [0, 0.1) is 39.7 Å². The molecule has 0 radical (unpaired) electrons. The molecule has 8 rings (SSSR count). The van der Waals surface area contributed by atoms with Crippen LogP contribution in [0.1, 0.15) is 22.8 Å². The van der Waals surface area contributed by atoms with Gasteiger partial charge >= 0.3 is 4.87 Å². The van der Waals surface area contributed by atoms with E-state index in [9.17, 15) is 24.5 Å². The van der Waals surface area contributed by atoms with E-state index in [1.807, 2.05) is 48.5 Å². The molecule has 1 N–H and O–H groups in total. The fourth-order valence-electron chi connectivity index (χ4n) is 7.76. The van der Waals surface area contributed by atoms with Gasteiger partial charge in [-0.05, 0) is 66.1 Å². The monoisotopic (exact) mass is 597 g/mol. The van der Waals surface area contributed by atoms with Gasteiger partial charge in [-0.15, -0.1) is 11.8 Å². The normalized spacial score (nSPS) is 28.9. The van der Waals surface area contributed by atoms with Crippen LogP contribution in [0.25, 0.3) is 0 Å². The lowest BCUT2D eigenvalue weighted by molar-refractivity contribution is -0.384. The van der Waals surface area contributed by atoms with Gasteiger partial charge < -0.3 is 9.72 Å². The number of imide groups is 1. The molecule has 11 heteroatoms. The fourth-order valence-corrected chi connectivity index (χ4v) is 10.7. The Morgan fingerprint density at radius 3 is 2.33 bits per heavy atom. The van der Waals surface area contributed by atoms with Crippen molar-refractivity contribution >= 4 is 46.3 Å². The fraction of sp³-hybridized carbons (Fsp3) is 0.258. The lowest BCUT2D eigenvalue weighted by Gasteiger charge is -2.43. The first kappa shape index (κ1) is 25.5. The number of hydrogen-bond donors (Lipinski definition) is 1. The van der Waals surface area contributed by atoms with Crippen molar-refractivity contribution in [3.05, 3.63) is 109 Å². The van der Waals surface area contributed by atoms with Gasteiger partial charge in [0.25, 0.3) is 5.69 Å². The van der Waals surface area contributed by atoms with E-state index >= 15 is 0 Å². The predicted octanol–water partition coefficient (Wildman–Crippen LogP) is 5.81. The number of benzene rings is 3. The SMILES string of the molecule is O=C1C2C(C(=O)N1c1ccc([N+](=O)[O-])cc1)[C@@H]1C[C@H]2C2Sc3[nH]c(=O)sc3C(c3cccc(Oc4ccccc4)c3)C21. The van der Waals surface area contributed by atoms with Gasteiger partial charge in [0.2, 0.25) is 11.8 Å². The molecular weight excluding hydrogens is 574 g/mol. The Hall–Kier alpha value is -4.22. The molecule has 3 aromatic carbocycles. The molecule has 2 saturated carbocycles. The quantitative estimate of drug-likeness (QED) is 0.175. The maximum atomic E-state index is 13.9. The van der Waals surface area contributed by atoms with Crippen LogP contribution in [0.4, 0.5) is 11.4 Å². The molecular formula is C31H23N3O6S2. The number of ether oxygens (including phenoxy) is 1. The maximum absolute atomic E-state index is 13.9. The number of nitrogens with zero attached hydrogens (tertiary/aromatic N) is 2. The molecule has 2 aliphatic carbocycles. The molecule has 2 bridgehead atoms. The number of nitro groups is 1. The zero-order valence-corrected chi connectivity index (χ0v) is 23.5.